The van der Waals surface area contributed by atoms with Gasteiger partial charge in [-0.3, -0.25) is 4.79 Å². The molecule has 0 saturated carbocycles. The number of hydrogen-bond acceptors (Lipinski definition) is 4. The summed E-state index contributed by atoms with van der Waals surface area (Å²) in [5.41, 5.74) is 0.578. The van der Waals surface area contributed by atoms with E-state index in [1.54, 1.807) is 29.2 Å². The van der Waals surface area contributed by atoms with Crippen molar-refractivity contribution in [1.29, 1.82) is 0 Å². The van der Waals surface area contributed by atoms with Crippen LogP contribution in [0.3, 0.4) is 0 Å². The molecule has 0 N–H and O–H groups in total. The Morgan fingerprint density at radius 2 is 1.79 bits per heavy atom. The molecule has 0 radical (unpaired) electrons. The molecule has 0 spiro atoms. The van der Waals surface area contributed by atoms with Gasteiger partial charge < -0.3 is 9.32 Å². The molecular formula is C15H13BrF3N3O2. The minimum atomic E-state index is -4.64. The van der Waals surface area contributed by atoms with Gasteiger partial charge in [0.2, 0.25) is 5.89 Å². The van der Waals surface area contributed by atoms with Crippen molar-refractivity contribution in [2.75, 3.05) is 13.1 Å². The molecule has 0 atom stereocenters. The standard InChI is InChI=1S/C15H13BrF3N3O2/c16-11-3-1-10(2-4-11)13(23)22-7-5-9(6-8-22)12-20-21-14(24-12)15(17,18)19/h1-4,9H,5-8H2. The predicted octanol–water partition coefficient (Wildman–Crippen LogP) is 3.87. The average Bonchev–Trinajstić information content (AvgIpc) is 3.05. The Balaban J connectivity index is 1.62. The molecule has 1 aliphatic heterocycles. The van der Waals surface area contributed by atoms with Crippen LogP contribution in [-0.2, 0) is 6.18 Å². The molecule has 1 aliphatic rings. The first-order chi connectivity index (χ1) is 11.3. The Morgan fingerprint density at radius 1 is 1.17 bits per heavy atom. The van der Waals surface area contributed by atoms with Gasteiger partial charge in [0, 0.05) is 29.0 Å². The van der Waals surface area contributed by atoms with Gasteiger partial charge in [0.15, 0.2) is 0 Å². The minimum absolute atomic E-state index is 0.0157. The van der Waals surface area contributed by atoms with Crippen molar-refractivity contribution in [3.8, 4) is 0 Å². The van der Waals surface area contributed by atoms with Gasteiger partial charge >= 0.3 is 12.1 Å². The lowest BCUT2D eigenvalue weighted by atomic mass is 9.96. The Kier molecular flexibility index (Phi) is 4.62. The molecule has 0 unspecified atom stereocenters. The van der Waals surface area contributed by atoms with E-state index in [1.165, 1.54) is 0 Å². The molecule has 1 saturated heterocycles. The summed E-state index contributed by atoms with van der Waals surface area (Å²) in [6.07, 6.45) is -3.66. The van der Waals surface area contributed by atoms with E-state index in [4.69, 9.17) is 4.42 Å². The number of benzene rings is 1. The van der Waals surface area contributed by atoms with Gasteiger partial charge in [-0.1, -0.05) is 15.9 Å². The molecular weight excluding hydrogens is 391 g/mol. The van der Waals surface area contributed by atoms with E-state index in [-0.39, 0.29) is 17.7 Å². The zero-order valence-electron chi connectivity index (χ0n) is 12.4. The van der Waals surface area contributed by atoms with Crippen LogP contribution >= 0.6 is 15.9 Å². The quantitative estimate of drug-likeness (QED) is 0.763. The zero-order valence-corrected chi connectivity index (χ0v) is 14.0. The van der Waals surface area contributed by atoms with E-state index in [2.05, 4.69) is 26.1 Å². The molecule has 1 fully saturated rings. The number of halogens is 4. The van der Waals surface area contributed by atoms with Gasteiger partial charge in [-0.2, -0.15) is 13.2 Å². The predicted molar refractivity (Wildman–Crippen MR) is 81.3 cm³/mol. The number of carbonyl (C=O) groups is 1. The summed E-state index contributed by atoms with van der Waals surface area (Å²) >= 11 is 3.31. The summed E-state index contributed by atoms with van der Waals surface area (Å²) < 4.78 is 43.1. The fraction of sp³-hybridized carbons (Fsp3) is 0.400. The number of aromatic nitrogens is 2. The summed E-state index contributed by atoms with van der Waals surface area (Å²) in [5.74, 6) is -1.70. The lowest BCUT2D eigenvalue weighted by Gasteiger charge is -2.30. The third kappa shape index (κ3) is 3.61. The Hall–Kier alpha value is -1.90. The van der Waals surface area contributed by atoms with Crippen molar-refractivity contribution in [3.05, 3.63) is 46.1 Å². The van der Waals surface area contributed by atoms with Crippen molar-refractivity contribution in [1.82, 2.24) is 15.1 Å². The smallest absolute Gasteiger partial charge is 0.417 e. The third-order valence-corrected chi connectivity index (χ3v) is 4.43. The molecule has 128 valence electrons. The maximum Gasteiger partial charge on any atom is 0.470 e. The van der Waals surface area contributed by atoms with Crippen molar-refractivity contribution < 1.29 is 22.4 Å². The fourth-order valence-corrected chi connectivity index (χ4v) is 2.88. The molecule has 3 rings (SSSR count). The Bertz CT molecular complexity index is 722. The first-order valence-corrected chi connectivity index (χ1v) is 8.09. The maximum atomic E-state index is 12.5. The largest absolute Gasteiger partial charge is 0.470 e. The summed E-state index contributed by atoms with van der Waals surface area (Å²) in [7, 11) is 0. The van der Waals surface area contributed by atoms with Crippen molar-refractivity contribution >= 4 is 21.8 Å². The molecule has 0 bridgehead atoms. The highest BCUT2D eigenvalue weighted by Crippen LogP contribution is 2.32. The Morgan fingerprint density at radius 3 is 2.33 bits per heavy atom. The van der Waals surface area contributed by atoms with E-state index in [0.717, 1.165) is 4.47 Å². The van der Waals surface area contributed by atoms with Crippen LogP contribution in [-0.4, -0.2) is 34.1 Å². The average molecular weight is 404 g/mol. The first kappa shape index (κ1) is 16.9. The van der Waals surface area contributed by atoms with E-state index in [1.807, 2.05) is 0 Å². The van der Waals surface area contributed by atoms with Gasteiger partial charge in [-0.25, -0.2) is 0 Å². The second-order valence-corrected chi connectivity index (χ2v) is 6.43. The summed E-state index contributed by atoms with van der Waals surface area (Å²) in [4.78, 5) is 14.1. The molecule has 2 heterocycles. The van der Waals surface area contributed by atoms with Crippen molar-refractivity contribution in [3.63, 3.8) is 0 Å². The number of carbonyl (C=O) groups excluding carboxylic acids is 1. The van der Waals surface area contributed by atoms with Crippen LogP contribution in [0.4, 0.5) is 13.2 Å². The second-order valence-electron chi connectivity index (χ2n) is 5.52. The minimum Gasteiger partial charge on any atom is -0.417 e. The molecule has 2 aromatic rings. The Labute approximate surface area is 144 Å². The third-order valence-electron chi connectivity index (χ3n) is 3.91. The van der Waals surface area contributed by atoms with Crippen molar-refractivity contribution in [2.45, 2.75) is 24.9 Å². The number of rotatable bonds is 2. The second kappa shape index (κ2) is 6.54. The molecule has 1 aromatic heterocycles. The van der Waals surface area contributed by atoms with Crippen LogP contribution < -0.4 is 0 Å². The lowest BCUT2D eigenvalue weighted by Crippen LogP contribution is -2.38. The molecule has 5 nitrogen and oxygen atoms in total. The highest BCUT2D eigenvalue weighted by molar-refractivity contribution is 9.10. The molecule has 9 heteroatoms. The fourth-order valence-electron chi connectivity index (χ4n) is 2.62. The van der Waals surface area contributed by atoms with E-state index in [0.29, 0.717) is 31.5 Å². The van der Waals surface area contributed by atoms with Crippen LogP contribution in [0.25, 0.3) is 0 Å². The number of hydrogen-bond donors (Lipinski definition) is 0. The van der Waals surface area contributed by atoms with Gasteiger partial charge in [0.05, 0.1) is 0 Å². The topological polar surface area (TPSA) is 59.2 Å². The normalized spacial score (nSPS) is 16.4. The van der Waals surface area contributed by atoms with E-state index in [9.17, 15) is 18.0 Å². The SMILES string of the molecule is O=C(c1ccc(Br)cc1)N1CCC(c2nnc(C(F)(F)F)o2)CC1. The summed E-state index contributed by atoms with van der Waals surface area (Å²) in [6, 6.07) is 7.03. The van der Waals surface area contributed by atoms with Crippen LogP contribution in [0.5, 0.6) is 0 Å². The molecule has 24 heavy (non-hydrogen) atoms. The van der Waals surface area contributed by atoms with Crippen LogP contribution in [0.1, 0.15) is 40.9 Å². The molecule has 0 aliphatic carbocycles. The number of alkyl halides is 3. The number of nitrogens with zero attached hydrogens (tertiary/aromatic N) is 3. The number of likely N-dealkylation sites (tertiary alicyclic amines) is 1. The molecule has 1 aromatic carbocycles. The van der Waals surface area contributed by atoms with Crippen LogP contribution in [0.2, 0.25) is 0 Å². The maximum absolute atomic E-state index is 12.5. The van der Waals surface area contributed by atoms with E-state index < -0.39 is 12.1 Å². The highest BCUT2D eigenvalue weighted by Gasteiger charge is 2.39. The lowest BCUT2D eigenvalue weighted by molar-refractivity contribution is -0.157. The molecule has 1 amide bonds. The van der Waals surface area contributed by atoms with Gasteiger partial charge in [0.25, 0.3) is 5.91 Å². The number of piperidine rings is 1. The number of amides is 1. The van der Waals surface area contributed by atoms with Gasteiger partial charge in [-0.05, 0) is 37.1 Å². The monoisotopic (exact) mass is 403 g/mol. The van der Waals surface area contributed by atoms with E-state index >= 15 is 0 Å². The van der Waals surface area contributed by atoms with Crippen LogP contribution in [0.15, 0.2) is 33.2 Å². The highest BCUT2D eigenvalue weighted by atomic mass is 79.9. The van der Waals surface area contributed by atoms with Gasteiger partial charge in [-0.15, -0.1) is 10.2 Å². The van der Waals surface area contributed by atoms with Gasteiger partial charge in [0.1, 0.15) is 0 Å². The first-order valence-electron chi connectivity index (χ1n) is 7.30. The summed E-state index contributed by atoms with van der Waals surface area (Å²) in [5, 5.41) is 6.54. The van der Waals surface area contributed by atoms with Crippen LogP contribution in [0, 0.1) is 0 Å². The van der Waals surface area contributed by atoms with Crippen molar-refractivity contribution in [2.24, 2.45) is 0 Å². The summed E-state index contributed by atoms with van der Waals surface area (Å²) in [6.45, 7) is 0.868. The zero-order chi connectivity index (χ0) is 17.3.